The van der Waals surface area contributed by atoms with Crippen molar-refractivity contribution in [2.24, 2.45) is 0 Å². The molecule has 0 unspecified atom stereocenters. The standard InChI is InChI=1S/C23H20O3/c24-22-20(16-8-3-1-4-9-16)18-12-7-13-19(18)23(25-14-15-26-23)21(22)17-10-5-2-6-11-17/h1-11,13,20-21H,12,14-15H2/t20-,21+/m0/s1. The van der Waals surface area contributed by atoms with Crippen LogP contribution in [-0.2, 0) is 14.3 Å². The van der Waals surface area contributed by atoms with Crippen LogP contribution in [0, 0.1) is 0 Å². The van der Waals surface area contributed by atoms with Gasteiger partial charge in [-0.05, 0) is 23.1 Å². The van der Waals surface area contributed by atoms with Crippen LogP contribution in [0.2, 0.25) is 0 Å². The molecule has 0 bridgehead atoms. The quantitative estimate of drug-likeness (QED) is 0.821. The molecule has 2 aromatic rings. The van der Waals surface area contributed by atoms with E-state index in [9.17, 15) is 4.79 Å². The summed E-state index contributed by atoms with van der Waals surface area (Å²) < 4.78 is 12.3. The van der Waals surface area contributed by atoms with E-state index in [0.29, 0.717) is 13.2 Å². The van der Waals surface area contributed by atoms with Crippen LogP contribution in [0.1, 0.15) is 29.4 Å². The van der Waals surface area contributed by atoms with Crippen molar-refractivity contribution in [1.29, 1.82) is 0 Å². The van der Waals surface area contributed by atoms with Gasteiger partial charge in [-0.15, -0.1) is 0 Å². The van der Waals surface area contributed by atoms with E-state index in [-0.39, 0.29) is 11.7 Å². The van der Waals surface area contributed by atoms with E-state index in [1.807, 2.05) is 60.7 Å². The third-order valence-electron chi connectivity index (χ3n) is 5.62. The topological polar surface area (TPSA) is 35.5 Å². The molecule has 1 saturated heterocycles. The van der Waals surface area contributed by atoms with Gasteiger partial charge >= 0.3 is 0 Å². The second-order valence-corrected chi connectivity index (χ2v) is 7.00. The van der Waals surface area contributed by atoms with Crippen LogP contribution in [0.25, 0.3) is 0 Å². The van der Waals surface area contributed by atoms with E-state index in [2.05, 4.69) is 12.2 Å². The highest BCUT2D eigenvalue weighted by Crippen LogP contribution is 2.54. The fourth-order valence-electron chi connectivity index (χ4n) is 4.61. The molecule has 2 atom stereocenters. The molecule has 2 aromatic carbocycles. The van der Waals surface area contributed by atoms with Gasteiger partial charge in [-0.3, -0.25) is 4.79 Å². The Bertz CT molecular complexity index is 890. The first-order valence-corrected chi connectivity index (χ1v) is 9.13. The van der Waals surface area contributed by atoms with Crippen molar-refractivity contribution in [2.75, 3.05) is 13.2 Å². The Labute approximate surface area is 152 Å². The molecule has 5 rings (SSSR count). The summed E-state index contributed by atoms with van der Waals surface area (Å²) in [5.41, 5.74) is 4.15. The Hall–Kier alpha value is -2.49. The Morgan fingerprint density at radius 3 is 2.12 bits per heavy atom. The molecular formula is C23H20O3. The van der Waals surface area contributed by atoms with Crippen molar-refractivity contribution >= 4 is 5.78 Å². The molecule has 0 radical (unpaired) electrons. The maximum absolute atomic E-state index is 13.8. The van der Waals surface area contributed by atoms with Gasteiger partial charge in [-0.25, -0.2) is 0 Å². The predicted molar refractivity (Wildman–Crippen MR) is 98.8 cm³/mol. The van der Waals surface area contributed by atoms with Crippen molar-refractivity contribution in [3.63, 3.8) is 0 Å². The molecule has 3 nitrogen and oxygen atoms in total. The van der Waals surface area contributed by atoms with Crippen LogP contribution in [0.5, 0.6) is 0 Å². The van der Waals surface area contributed by atoms with Gasteiger partial charge in [-0.1, -0.05) is 72.8 Å². The van der Waals surface area contributed by atoms with Gasteiger partial charge in [0.05, 0.1) is 19.1 Å². The smallest absolute Gasteiger partial charge is 0.209 e. The summed E-state index contributed by atoms with van der Waals surface area (Å²) in [5.74, 6) is -1.53. The second-order valence-electron chi connectivity index (χ2n) is 7.00. The largest absolute Gasteiger partial charge is 0.343 e. The fraction of sp³-hybridized carbons (Fsp3) is 0.261. The van der Waals surface area contributed by atoms with E-state index >= 15 is 0 Å². The lowest BCUT2D eigenvalue weighted by molar-refractivity contribution is -0.162. The normalized spacial score (nSPS) is 26.5. The zero-order valence-corrected chi connectivity index (χ0v) is 14.4. The first-order valence-electron chi connectivity index (χ1n) is 9.13. The average molecular weight is 344 g/mol. The number of carbonyl (C=O) groups excluding carboxylic acids is 1. The lowest BCUT2D eigenvalue weighted by Crippen LogP contribution is -2.48. The van der Waals surface area contributed by atoms with Crippen LogP contribution >= 0.6 is 0 Å². The fourth-order valence-corrected chi connectivity index (χ4v) is 4.61. The van der Waals surface area contributed by atoms with Crippen LogP contribution in [0.4, 0.5) is 0 Å². The molecule has 0 saturated carbocycles. The predicted octanol–water partition coefficient (Wildman–Crippen LogP) is 4.14. The number of allylic oxidation sites excluding steroid dienone is 2. The highest BCUT2D eigenvalue weighted by molar-refractivity contribution is 5.98. The molecule has 1 fully saturated rings. The molecule has 3 heteroatoms. The zero-order valence-electron chi connectivity index (χ0n) is 14.4. The molecular weight excluding hydrogens is 324 g/mol. The van der Waals surface area contributed by atoms with E-state index in [4.69, 9.17) is 9.47 Å². The van der Waals surface area contributed by atoms with Crippen LogP contribution in [-0.4, -0.2) is 24.8 Å². The van der Waals surface area contributed by atoms with Crippen molar-refractivity contribution < 1.29 is 14.3 Å². The van der Waals surface area contributed by atoms with Crippen molar-refractivity contribution in [3.05, 3.63) is 95.1 Å². The third-order valence-corrected chi connectivity index (χ3v) is 5.62. The van der Waals surface area contributed by atoms with Crippen molar-refractivity contribution in [3.8, 4) is 0 Å². The lowest BCUT2D eigenvalue weighted by atomic mass is 9.68. The Morgan fingerprint density at radius 1 is 0.846 bits per heavy atom. The summed E-state index contributed by atoms with van der Waals surface area (Å²) in [6, 6.07) is 20.0. The molecule has 0 N–H and O–H groups in total. The highest BCUT2D eigenvalue weighted by atomic mass is 16.7. The summed E-state index contributed by atoms with van der Waals surface area (Å²) in [6.45, 7) is 1.02. The zero-order chi connectivity index (χ0) is 17.6. The number of Topliss-reactive ketones (excluding diaryl/α,β-unsaturated/α-hetero) is 1. The Morgan fingerprint density at radius 2 is 1.46 bits per heavy atom. The Kier molecular flexibility index (Phi) is 3.66. The highest BCUT2D eigenvalue weighted by Gasteiger charge is 2.57. The Balaban J connectivity index is 1.74. The number of benzene rings is 2. The molecule has 0 amide bonds. The molecule has 26 heavy (non-hydrogen) atoms. The number of fused-ring (bicyclic) bond motifs is 1. The van der Waals surface area contributed by atoms with Crippen molar-refractivity contribution in [2.45, 2.75) is 24.0 Å². The average Bonchev–Trinajstić information content (AvgIpc) is 3.34. The summed E-state index contributed by atoms with van der Waals surface area (Å²) in [5, 5.41) is 0. The molecule has 2 aliphatic carbocycles. The molecule has 1 spiro atoms. The van der Waals surface area contributed by atoms with Gasteiger partial charge in [0.1, 0.15) is 5.92 Å². The minimum atomic E-state index is -0.980. The van der Waals surface area contributed by atoms with Crippen LogP contribution in [0.3, 0.4) is 0 Å². The molecule has 130 valence electrons. The molecule has 1 heterocycles. The van der Waals surface area contributed by atoms with Gasteiger partial charge in [-0.2, -0.15) is 0 Å². The summed E-state index contributed by atoms with van der Waals surface area (Å²) in [7, 11) is 0. The number of hydrogen-bond acceptors (Lipinski definition) is 3. The third kappa shape index (κ3) is 2.17. The van der Waals surface area contributed by atoms with Crippen LogP contribution in [0.15, 0.2) is 84.0 Å². The molecule has 1 aliphatic heterocycles. The van der Waals surface area contributed by atoms with Gasteiger partial charge in [0, 0.05) is 5.57 Å². The molecule has 0 aromatic heterocycles. The van der Waals surface area contributed by atoms with E-state index in [1.54, 1.807) is 0 Å². The molecule has 3 aliphatic rings. The lowest BCUT2D eigenvalue weighted by Gasteiger charge is -2.42. The minimum absolute atomic E-state index is 0.159. The van der Waals surface area contributed by atoms with Gasteiger partial charge in [0.2, 0.25) is 5.79 Å². The number of ether oxygens (including phenoxy) is 2. The maximum atomic E-state index is 13.8. The summed E-state index contributed by atoms with van der Waals surface area (Å²) >= 11 is 0. The first-order chi connectivity index (χ1) is 12.8. The van der Waals surface area contributed by atoms with E-state index in [1.165, 1.54) is 0 Å². The van der Waals surface area contributed by atoms with E-state index < -0.39 is 11.7 Å². The number of carbonyl (C=O) groups is 1. The van der Waals surface area contributed by atoms with Crippen LogP contribution < -0.4 is 0 Å². The summed E-state index contributed by atoms with van der Waals surface area (Å²) in [4.78, 5) is 13.8. The van der Waals surface area contributed by atoms with E-state index in [0.717, 1.165) is 28.7 Å². The number of hydrogen-bond donors (Lipinski definition) is 0. The first kappa shape index (κ1) is 15.7. The number of ketones is 1. The van der Waals surface area contributed by atoms with Crippen molar-refractivity contribution in [1.82, 2.24) is 0 Å². The number of rotatable bonds is 2. The monoisotopic (exact) mass is 344 g/mol. The minimum Gasteiger partial charge on any atom is -0.343 e. The second kappa shape index (κ2) is 6.04. The summed E-state index contributed by atoms with van der Waals surface area (Å²) in [6.07, 6.45) is 4.99. The SMILES string of the molecule is O=C1[C@@H](c2ccccc2)C2=C(C=CC2)C2(OCCO2)[C@@H]1c1ccccc1. The van der Waals surface area contributed by atoms with Gasteiger partial charge in [0.15, 0.2) is 5.78 Å². The maximum Gasteiger partial charge on any atom is 0.209 e. The van der Waals surface area contributed by atoms with Gasteiger partial charge in [0.25, 0.3) is 0 Å². The van der Waals surface area contributed by atoms with Gasteiger partial charge < -0.3 is 9.47 Å².